The molecule has 2 heterocycles. The summed E-state index contributed by atoms with van der Waals surface area (Å²) in [7, 11) is 0. The zero-order valence-corrected chi connectivity index (χ0v) is 13.7. The van der Waals surface area contributed by atoms with Crippen molar-refractivity contribution in [1.29, 1.82) is 0 Å². The Morgan fingerprint density at radius 1 is 1.14 bits per heavy atom. The van der Waals surface area contributed by atoms with Gasteiger partial charge in [0.2, 0.25) is 5.91 Å². The minimum Gasteiger partial charge on any atom is -0.339 e. The molecular formula is C18H32N2O. The molecule has 1 amide bonds. The molecule has 2 saturated heterocycles. The summed E-state index contributed by atoms with van der Waals surface area (Å²) in [6, 6.07) is 0.580. The molecule has 2 aliphatic heterocycles. The summed E-state index contributed by atoms with van der Waals surface area (Å²) in [5.74, 6) is 2.50. The van der Waals surface area contributed by atoms with Crippen LogP contribution >= 0.6 is 0 Å². The number of piperidine rings is 2. The van der Waals surface area contributed by atoms with Crippen LogP contribution in [0.5, 0.6) is 0 Å². The lowest BCUT2D eigenvalue weighted by Crippen LogP contribution is -2.50. The van der Waals surface area contributed by atoms with Crippen LogP contribution in [0.4, 0.5) is 0 Å². The van der Waals surface area contributed by atoms with E-state index < -0.39 is 0 Å². The van der Waals surface area contributed by atoms with Gasteiger partial charge in [0.05, 0.1) is 0 Å². The Kier molecular flexibility index (Phi) is 5.20. The van der Waals surface area contributed by atoms with E-state index in [4.69, 9.17) is 0 Å². The maximum Gasteiger partial charge on any atom is 0.223 e. The summed E-state index contributed by atoms with van der Waals surface area (Å²) >= 11 is 0. The Bertz CT molecular complexity index is 349. The molecule has 3 fully saturated rings. The van der Waals surface area contributed by atoms with E-state index in [0.29, 0.717) is 23.8 Å². The van der Waals surface area contributed by atoms with Gasteiger partial charge in [-0.05, 0) is 69.4 Å². The van der Waals surface area contributed by atoms with Gasteiger partial charge in [-0.1, -0.05) is 19.8 Å². The Morgan fingerprint density at radius 2 is 1.95 bits per heavy atom. The van der Waals surface area contributed by atoms with Crippen LogP contribution in [0.3, 0.4) is 0 Å². The second kappa shape index (κ2) is 7.13. The zero-order valence-electron chi connectivity index (χ0n) is 13.7. The Morgan fingerprint density at radius 3 is 2.76 bits per heavy atom. The van der Waals surface area contributed by atoms with Crippen LogP contribution in [0.15, 0.2) is 0 Å². The molecule has 120 valence electrons. The summed E-state index contributed by atoms with van der Waals surface area (Å²) in [4.78, 5) is 15.1. The minimum absolute atomic E-state index is 0.449. The van der Waals surface area contributed by atoms with Crippen molar-refractivity contribution in [2.24, 2.45) is 17.8 Å². The first-order valence-electron chi connectivity index (χ1n) is 9.26. The number of hydrogen-bond donors (Lipinski definition) is 1. The van der Waals surface area contributed by atoms with E-state index in [-0.39, 0.29) is 0 Å². The first kappa shape index (κ1) is 15.3. The lowest BCUT2D eigenvalue weighted by molar-refractivity contribution is -0.138. The summed E-state index contributed by atoms with van der Waals surface area (Å²) in [5.41, 5.74) is 0. The smallest absolute Gasteiger partial charge is 0.223 e. The van der Waals surface area contributed by atoms with Crippen LogP contribution in [-0.4, -0.2) is 36.5 Å². The molecule has 0 aromatic rings. The first-order chi connectivity index (χ1) is 10.3. The van der Waals surface area contributed by atoms with Crippen molar-refractivity contribution in [3.05, 3.63) is 0 Å². The number of carbonyl (C=O) groups is 1. The standard InChI is InChI=1S/C18H32N2O/c1-14(16-7-4-10-19-13-16)12-18(21)20-11-5-8-15-6-2-3-9-17(15)20/h14-17,19H,2-13H2,1H3/t14?,15-,16?,17-/m1/s1. The molecule has 3 heteroatoms. The molecule has 0 radical (unpaired) electrons. The Hall–Kier alpha value is -0.570. The second-order valence-corrected chi connectivity index (χ2v) is 7.63. The van der Waals surface area contributed by atoms with Crippen LogP contribution in [0, 0.1) is 17.8 Å². The van der Waals surface area contributed by atoms with Crippen LogP contribution in [0.2, 0.25) is 0 Å². The summed E-state index contributed by atoms with van der Waals surface area (Å²) in [6.45, 7) is 5.58. The monoisotopic (exact) mass is 292 g/mol. The predicted molar refractivity (Wildman–Crippen MR) is 86.1 cm³/mol. The average molecular weight is 292 g/mol. The van der Waals surface area contributed by atoms with Crippen LogP contribution in [-0.2, 0) is 4.79 Å². The number of amides is 1. The third-order valence-corrected chi connectivity index (χ3v) is 6.20. The summed E-state index contributed by atoms with van der Waals surface area (Å²) in [6.07, 6.45) is 11.3. The number of fused-ring (bicyclic) bond motifs is 1. The van der Waals surface area contributed by atoms with Crippen LogP contribution in [0.1, 0.15) is 64.7 Å². The number of likely N-dealkylation sites (tertiary alicyclic amines) is 1. The molecule has 2 unspecified atom stereocenters. The molecule has 3 nitrogen and oxygen atoms in total. The molecule has 1 saturated carbocycles. The normalized spacial score (nSPS) is 35.1. The summed E-state index contributed by atoms with van der Waals surface area (Å²) < 4.78 is 0. The van der Waals surface area contributed by atoms with Gasteiger partial charge in [0.25, 0.3) is 0 Å². The lowest BCUT2D eigenvalue weighted by atomic mass is 9.77. The van der Waals surface area contributed by atoms with Gasteiger partial charge in [-0.15, -0.1) is 0 Å². The molecule has 3 aliphatic rings. The zero-order chi connectivity index (χ0) is 14.7. The van der Waals surface area contributed by atoms with Gasteiger partial charge in [-0.25, -0.2) is 0 Å². The Labute approximate surface area is 129 Å². The number of nitrogens with one attached hydrogen (secondary N) is 1. The Balaban J connectivity index is 1.56. The molecular weight excluding hydrogens is 260 g/mol. The first-order valence-corrected chi connectivity index (χ1v) is 9.26. The molecule has 1 aliphatic carbocycles. The van der Waals surface area contributed by atoms with Gasteiger partial charge in [0.15, 0.2) is 0 Å². The van der Waals surface area contributed by atoms with Crippen molar-refractivity contribution in [3.8, 4) is 0 Å². The van der Waals surface area contributed by atoms with Gasteiger partial charge >= 0.3 is 0 Å². The molecule has 0 spiro atoms. The molecule has 0 bridgehead atoms. The quantitative estimate of drug-likeness (QED) is 0.866. The van der Waals surface area contributed by atoms with Crippen LogP contribution < -0.4 is 5.32 Å². The predicted octanol–water partition coefficient (Wildman–Crippen LogP) is 3.19. The molecule has 0 aromatic heterocycles. The maximum atomic E-state index is 12.8. The molecule has 3 rings (SSSR count). The van der Waals surface area contributed by atoms with Gasteiger partial charge in [0.1, 0.15) is 0 Å². The van der Waals surface area contributed by atoms with E-state index in [2.05, 4.69) is 17.1 Å². The highest BCUT2D eigenvalue weighted by Gasteiger charge is 2.36. The van der Waals surface area contributed by atoms with Crippen molar-refractivity contribution in [2.75, 3.05) is 19.6 Å². The fraction of sp³-hybridized carbons (Fsp3) is 0.944. The molecule has 21 heavy (non-hydrogen) atoms. The largest absolute Gasteiger partial charge is 0.339 e. The van der Waals surface area contributed by atoms with Gasteiger partial charge in [-0.2, -0.15) is 0 Å². The topological polar surface area (TPSA) is 32.3 Å². The van der Waals surface area contributed by atoms with Crippen molar-refractivity contribution in [1.82, 2.24) is 10.2 Å². The third-order valence-electron chi connectivity index (χ3n) is 6.20. The fourth-order valence-electron chi connectivity index (χ4n) is 4.86. The number of rotatable bonds is 3. The number of nitrogens with zero attached hydrogens (tertiary/aromatic N) is 1. The second-order valence-electron chi connectivity index (χ2n) is 7.63. The van der Waals surface area contributed by atoms with Crippen LogP contribution in [0.25, 0.3) is 0 Å². The highest BCUT2D eigenvalue weighted by atomic mass is 16.2. The maximum absolute atomic E-state index is 12.8. The van der Waals surface area contributed by atoms with E-state index >= 15 is 0 Å². The van der Waals surface area contributed by atoms with E-state index in [0.717, 1.165) is 32.0 Å². The lowest BCUT2D eigenvalue weighted by Gasteiger charge is -2.44. The highest BCUT2D eigenvalue weighted by Crippen LogP contribution is 2.36. The minimum atomic E-state index is 0.449. The van der Waals surface area contributed by atoms with E-state index in [9.17, 15) is 4.79 Å². The summed E-state index contributed by atoms with van der Waals surface area (Å²) in [5, 5.41) is 3.49. The highest BCUT2D eigenvalue weighted by molar-refractivity contribution is 5.77. The number of hydrogen-bond acceptors (Lipinski definition) is 2. The average Bonchev–Trinajstić information content (AvgIpc) is 2.55. The van der Waals surface area contributed by atoms with Crippen molar-refractivity contribution < 1.29 is 4.79 Å². The van der Waals surface area contributed by atoms with Gasteiger partial charge < -0.3 is 10.2 Å². The van der Waals surface area contributed by atoms with E-state index in [1.807, 2.05) is 0 Å². The number of carbonyl (C=O) groups excluding carboxylic acids is 1. The third kappa shape index (κ3) is 3.61. The van der Waals surface area contributed by atoms with Crippen molar-refractivity contribution >= 4 is 5.91 Å². The van der Waals surface area contributed by atoms with Crippen molar-refractivity contribution in [2.45, 2.75) is 70.8 Å². The van der Waals surface area contributed by atoms with Crippen molar-refractivity contribution in [3.63, 3.8) is 0 Å². The SMILES string of the molecule is CC(CC(=O)N1CCC[C@H]2CCCC[C@H]21)C1CCCNC1. The fourth-order valence-corrected chi connectivity index (χ4v) is 4.86. The van der Waals surface area contributed by atoms with Gasteiger partial charge in [-0.3, -0.25) is 4.79 Å². The van der Waals surface area contributed by atoms with Gasteiger partial charge in [0, 0.05) is 19.0 Å². The molecule has 1 N–H and O–H groups in total. The molecule has 0 aromatic carbocycles. The molecule has 4 atom stereocenters. The van der Waals surface area contributed by atoms with E-state index in [1.165, 1.54) is 51.4 Å². The van der Waals surface area contributed by atoms with E-state index in [1.54, 1.807) is 0 Å².